The lowest BCUT2D eigenvalue weighted by Gasteiger charge is -2.15. The Morgan fingerprint density at radius 3 is 2.41 bits per heavy atom. The Hall–Kier alpha value is -3.04. The Kier molecular flexibility index (Phi) is 5.16. The van der Waals surface area contributed by atoms with Crippen LogP contribution >= 0.6 is 0 Å². The monoisotopic (exact) mass is 411 g/mol. The quantitative estimate of drug-likeness (QED) is 0.696. The molecule has 8 nitrogen and oxygen atoms in total. The summed E-state index contributed by atoms with van der Waals surface area (Å²) in [5.41, 5.74) is 2.03. The maximum Gasteiger partial charge on any atom is 0.275 e. The molecule has 1 fully saturated rings. The zero-order chi connectivity index (χ0) is 20.4. The van der Waals surface area contributed by atoms with Gasteiger partial charge in [0.2, 0.25) is 10.0 Å². The molecule has 1 aliphatic rings. The van der Waals surface area contributed by atoms with Crippen molar-refractivity contribution in [3.8, 4) is 5.82 Å². The molecule has 1 saturated heterocycles. The average Bonchev–Trinajstić information content (AvgIpc) is 3.42. The lowest BCUT2D eigenvalue weighted by molar-refractivity contribution is 0.102. The van der Waals surface area contributed by atoms with Gasteiger partial charge in [-0.1, -0.05) is 17.7 Å². The molecule has 0 aliphatic carbocycles. The molecule has 1 aromatic carbocycles. The Morgan fingerprint density at radius 1 is 1.03 bits per heavy atom. The minimum atomic E-state index is -3.50. The zero-order valence-corrected chi connectivity index (χ0v) is 16.8. The number of pyridine rings is 1. The van der Waals surface area contributed by atoms with Gasteiger partial charge in [0.25, 0.3) is 5.91 Å². The predicted octanol–water partition coefficient (Wildman–Crippen LogP) is 2.61. The molecule has 1 N–H and O–H groups in total. The van der Waals surface area contributed by atoms with Gasteiger partial charge in [0.05, 0.1) is 0 Å². The third-order valence-corrected chi connectivity index (χ3v) is 6.69. The number of benzene rings is 1. The average molecular weight is 411 g/mol. The second-order valence-corrected chi connectivity index (χ2v) is 8.89. The predicted molar refractivity (Wildman–Crippen MR) is 108 cm³/mol. The van der Waals surface area contributed by atoms with E-state index in [-0.39, 0.29) is 16.5 Å². The van der Waals surface area contributed by atoms with E-state index in [1.54, 1.807) is 16.8 Å². The van der Waals surface area contributed by atoms with Crippen LogP contribution in [0.4, 0.5) is 5.69 Å². The van der Waals surface area contributed by atoms with Crippen LogP contribution in [0.3, 0.4) is 0 Å². The van der Waals surface area contributed by atoms with E-state index in [9.17, 15) is 13.2 Å². The molecule has 9 heteroatoms. The van der Waals surface area contributed by atoms with Crippen molar-refractivity contribution in [2.24, 2.45) is 0 Å². The molecule has 29 heavy (non-hydrogen) atoms. The van der Waals surface area contributed by atoms with Gasteiger partial charge in [-0.25, -0.2) is 18.4 Å². The Morgan fingerprint density at radius 2 is 1.76 bits per heavy atom. The van der Waals surface area contributed by atoms with Gasteiger partial charge in [-0.15, -0.1) is 0 Å². The van der Waals surface area contributed by atoms with Crippen LogP contribution in [0, 0.1) is 6.92 Å². The third kappa shape index (κ3) is 4.06. The molecule has 1 aliphatic heterocycles. The second kappa shape index (κ2) is 7.76. The van der Waals surface area contributed by atoms with E-state index in [0.29, 0.717) is 24.6 Å². The number of carbonyl (C=O) groups excluding carboxylic acids is 1. The largest absolute Gasteiger partial charge is 0.321 e. The van der Waals surface area contributed by atoms with Gasteiger partial charge < -0.3 is 5.32 Å². The van der Waals surface area contributed by atoms with Crippen LogP contribution in [-0.4, -0.2) is 46.3 Å². The standard InChI is InChI=1S/C20H21N5O3S/c1-15-4-6-16(7-5-15)23-20(26)18-13-24(14-22-18)19-9-8-17(12-21-19)29(27,28)25-10-2-3-11-25/h4-9,12-14H,2-3,10-11H2,1H3,(H,23,26). The lowest BCUT2D eigenvalue weighted by atomic mass is 10.2. The van der Waals surface area contributed by atoms with E-state index in [1.807, 2.05) is 31.2 Å². The highest BCUT2D eigenvalue weighted by Crippen LogP contribution is 2.21. The topological polar surface area (TPSA) is 97.2 Å². The number of carbonyl (C=O) groups is 1. The summed E-state index contributed by atoms with van der Waals surface area (Å²) < 4.78 is 28.2. The minimum Gasteiger partial charge on any atom is -0.321 e. The van der Waals surface area contributed by atoms with Crippen molar-refractivity contribution in [3.05, 3.63) is 66.4 Å². The van der Waals surface area contributed by atoms with Gasteiger partial charge >= 0.3 is 0 Å². The van der Waals surface area contributed by atoms with Crippen LogP contribution in [0.1, 0.15) is 28.9 Å². The molecule has 2 aromatic heterocycles. The fourth-order valence-corrected chi connectivity index (χ4v) is 4.62. The highest BCUT2D eigenvalue weighted by atomic mass is 32.2. The Balaban J connectivity index is 1.49. The molecule has 0 bridgehead atoms. The van der Waals surface area contributed by atoms with Crippen LogP contribution in [0.25, 0.3) is 5.82 Å². The smallest absolute Gasteiger partial charge is 0.275 e. The first-order valence-corrected chi connectivity index (χ1v) is 10.8. The summed E-state index contributed by atoms with van der Waals surface area (Å²) in [5, 5.41) is 2.79. The number of aromatic nitrogens is 3. The number of anilines is 1. The van der Waals surface area contributed by atoms with Gasteiger partial charge in [-0.05, 0) is 44.0 Å². The summed E-state index contributed by atoms with van der Waals surface area (Å²) in [5.74, 6) is 0.146. The number of nitrogens with one attached hydrogen (secondary N) is 1. The van der Waals surface area contributed by atoms with Crippen LogP contribution in [0.5, 0.6) is 0 Å². The van der Waals surface area contributed by atoms with Gasteiger partial charge in [-0.2, -0.15) is 4.31 Å². The number of hydrogen-bond donors (Lipinski definition) is 1. The summed E-state index contributed by atoms with van der Waals surface area (Å²) in [6, 6.07) is 10.6. The van der Waals surface area contributed by atoms with E-state index < -0.39 is 10.0 Å². The first-order chi connectivity index (χ1) is 13.9. The molecular formula is C20H21N5O3S. The number of aryl methyl sites for hydroxylation is 1. The van der Waals surface area contributed by atoms with Crippen molar-refractivity contribution in [3.63, 3.8) is 0 Å². The molecule has 4 rings (SSSR count). The number of rotatable bonds is 5. The number of nitrogens with zero attached hydrogens (tertiary/aromatic N) is 4. The van der Waals surface area contributed by atoms with Crippen molar-refractivity contribution < 1.29 is 13.2 Å². The number of amides is 1. The Labute approximate surface area is 169 Å². The van der Waals surface area contributed by atoms with Crippen molar-refractivity contribution in [1.29, 1.82) is 0 Å². The van der Waals surface area contributed by atoms with Crippen molar-refractivity contribution >= 4 is 21.6 Å². The van der Waals surface area contributed by atoms with Crippen molar-refractivity contribution in [2.75, 3.05) is 18.4 Å². The summed E-state index contributed by atoms with van der Waals surface area (Å²) in [7, 11) is -3.50. The number of hydrogen-bond acceptors (Lipinski definition) is 5. The molecule has 3 aromatic rings. The SMILES string of the molecule is Cc1ccc(NC(=O)c2cn(-c3ccc(S(=O)(=O)N4CCCC4)cn3)cn2)cc1. The van der Waals surface area contributed by atoms with Crippen LogP contribution in [0.2, 0.25) is 0 Å². The number of sulfonamides is 1. The summed E-state index contributed by atoms with van der Waals surface area (Å²) in [6.07, 6.45) is 6.14. The normalized spacial score (nSPS) is 14.8. The molecule has 3 heterocycles. The van der Waals surface area contributed by atoms with E-state index in [2.05, 4.69) is 15.3 Å². The fraction of sp³-hybridized carbons (Fsp3) is 0.250. The van der Waals surface area contributed by atoms with Crippen molar-refractivity contribution in [1.82, 2.24) is 18.8 Å². The lowest BCUT2D eigenvalue weighted by Crippen LogP contribution is -2.27. The van der Waals surface area contributed by atoms with Crippen molar-refractivity contribution in [2.45, 2.75) is 24.7 Å². The van der Waals surface area contributed by atoms with Crippen LogP contribution < -0.4 is 5.32 Å². The highest BCUT2D eigenvalue weighted by molar-refractivity contribution is 7.89. The van der Waals surface area contributed by atoms with E-state index in [4.69, 9.17) is 0 Å². The minimum absolute atomic E-state index is 0.167. The third-order valence-electron chi connectivity index (χ3n) is 4.81. The van der Waals surface area contributed by atoms with Gasteiger partial charge in [0.15, 0.2) is 0 Å². The molecule has 0 spiro atoms. The first kappa shape index (κ1) is 19.3. The van der Waals surface area contributed by atoms with E-state index in [0.717, 1.165) is 18.4 Å². The molecular weight excluding hydrogens is 390 g/mol. The summed E-state index contributed by atoms with van der Waals surface area (Å²) in [6.45, 7) is 3.07. The van der Waals surface area contributed by atoms with Crippen LogP contribution in [0.15, 0.2) is 60.0 Å². The highest BCUT2D eigenvalue weighted by Gasteiger charge is 2.27. The van der Waals surface area contributed by atoms with E-state index >= 15 is 0 Å². The zero-order valence-electron chi connectivity index (χ0n) is 15.9. The van der Waals surface area contributed by atoms with Gasteiger partial charge in [0, 0.05) is 31.2 Å². The molecule has 150 valence electrons. The molecule has 0 radical (unpaired) electrons. The molecule has 0 saturated carbocycles. The molecule has 0 unspecified atom stereocenters. The summed E-state index contributed by atoms with van der Waals surface area (Å²) in [4.78, 5) is 20.9. The second-order valence-electron chi connectivity index (χ2n) is 6.95. The maximum atomic E-state index is 12.6. The first-order valence-electron chi connectivity index (χ1n) is 9.32. The Bertz CT molecular complexity index is 1120. The molecule has 1 amide bonds. The fourth-order valence-electron chi connectivity index (χ4n) is 3.15. The molecule has 0 atom stereocenters. The van der Waals surface area contributed by atoms with Gasteiger partial charge in [0.1, 0.15) is 22.7 Å². The summed E-state index contributed by atoms with van der Waals surface area (Å²) >= 11 is 0. The maximum absolute atomic E-state index is 12.6. The number of imidazole rings is 1. The van der Waals surface area contributed by atoms with E-state index in [1.165, 1.54) is 22.9 Å². The van der Waals surface area contributed by atoms with Gasteiger partial charge in [-0.3, -0.25) is 9.36 Å². The van der Waals surface area contributed by atoms with Crippen LogP contribution in [-0.2, 0) is 10.0 Å².